The van der Waals surface area contributed by atoms with Gasteiger partial charge in [-0.3, -0.25) is 0 Å². The molecular weight excluding hydrogens is 1730 g/mol. The molecule has 118 heavy (non-hydrogen) atoms. The molecule has 2 nitrogen and oxygen atoms in total. The first-order chi connectivity index (χ1) is 54.5. The maximum Gasteiger partial charge on any atom is 0.573 e. The predicted octanol–water partition coefficient (Wildman–Crippen LogP) is 37.5. The summed E-state index contributed by atoms with van der Waals surface area (Å²) in [6.45, 7) is 39.8. The van der Waals surface area contributed by atoms with Crippen molar-refractivity contribution in [2.75, 3.05) is 7.11 Å². The van der Waals surface area contributed by atoms with Gasteiger partial charge in [-0.1, -0.05) is 316 Å². The van der Waals surface area contributed by atoms with Crippen molar-refractivity contribution in [1.29, 1.82) is 0 Å². The molecule has 10 aromatic carbocycles. The minimum absolute atomic E-state index is 0.00792. The monoisotopic (exact) mass is 1830 g/mol. The van der Waals surface area contributed by atoms with Gasteiger partial charge in [-0.15, -0.1) is 13.2 Å². The van der Waals surface area contributed by atoms with Crippen molar-refractivity contribution in [3.05, 3.63) is 335 Å². The lowest BCUT2D eigenvalue weighted by atomic mass is 10.0. The summed E-state index contributed by atoms with van der Waals surface area (Å²) in [5.74, 6) is 2.34. The van der Waals surface area contributed by atoms with Gasteiger partial charge in [0.25, 0.3) is 0 Å². The molecule has 0 amide bonds. The maximum absolute atomic E-state index is 12.9. The molecule has 0 N–H and O–H groups in total. The molecule has 0 heterocycles. The molecule has 24 heteroatoms. The van der Waals surface area contributed by atoms with Gasteiger partial charge in [-0.2, -0.15) is 26.3 Å². The lowest BCUT2D eigenvalue weighted by molar-refractivity contribution is -0.275. The van der Waals surface area contributed by atoms with E-state index in [0.717, 1.165) is 79.0 Å². The van der Waals surface area contributed by atoms with Crippen LogP contribution in [0.25, 0.3) is 0 Å². The number of rotatable bonds is 12. The minimum atomic E-state index is -4.62. The van der Waals surface area contributed by atoms with Gasteiger partial charge in [0.2, 0.25) is 0 Å². The molecular formula is C94H106Cl9F13O2. The van der Waals surface area contributed by atoms with E-state index in [4.69, 9.17) is 109 Å². The Labute approximate surface area is 736 Å². The van der Waals surface area contributed by atoms with Crippen LogP contribution in [0.2, 0.25) is 45.2 Å². The molecule has 0 aromatic heterocycles. The zero-order valence-electron chi connectivity index (χ0n) is 70.0. The highest BCUT2D eigenvalue weighted by molar-refractivity contribution is 6.42. The van der Waals surface area contributed by atoms with E-state index in [1.807, 2.05) is 150 Å². The second kappa shape index (κ2) is 53.4. The third-order valence-electron chi connectivity index (χ3n) is 16.9. The number of para-hydroxylation sites is 1. The number of hydrogen-bond acceptors (Lipinski definition) is 2. The Hall–Kier alpha value is -6.50. The van der Waals surface area contributed by atoms with Crippen LogP contribution < -0.4 is 9.47 Å². The van der Waals surface area contributed by atoms with E-state index in [1.54, 1.807) is 49.6 Å². The molecule has 0 unspecified atom stereocenters. The molecule has 0 fully saturated rings. The summed E-state index contributed by atoms with van der Waals surface area (Å²) in [6, 6.07) is 53.5. The number of methoxy groups -OCH3 is 1. The summed E-state index contributed by atoms with van der Waals surface area (Å²) in [7, 11) is 1.68. The van der Waals surface area contributed by atoms with Gasteiger partial charge >= 0.3 is 18.7 Å². The van der Waals surface area contributed by atoms with E-state index in [-0.39, 0.29) is 57.0 Å². The van der Waals surface area contributed by atoms with Crippen molar-refractivity contribution in [3.63, 3.8) is 0 Å². The molecule has 0 aliphatic carbocycles. The number of halogens is 22. The van der Waals surface area contributed by atoms with E-state index in [2.05, 4.69) is 72.3 Å². The normalized spacial score (nSPS) is 11.1. The van der Waals surface area contributed by atoms with Crippen LogP contribution >= 0.6 is 104 Å². The lowest BCUT2D eigenvalue weighted by Gasteiger charge is -2.14. The summed E-state index contributed by atoms with van der Waals surface area (Å²) in [4.78, 5) is 0. The first-order valence-corrected chi connectivity index (χ1v) is 41.1. The van der Waals surface area contributed by atoms with Gasteiger partial charge in [0.05, 0.1) is 28.3 Å². The van der Waals surface area contributed by atoms with E-state index in [0.29, 0.717) is 66.4 Å². The highest BCUT2D eigenvalue weighted by atomic mass is 35.5. The van der Waals surface area contributed by atoms with Crippen LogP contribution in [-0.2, 0) is 12.4 Å². The average Bonchev–Trinajstić information content (AvgIpc) is 0.828. The molecule has 0 aliphatic heterocycles. The second-order valence-electron chi connectivity index (χ2n) is 29.8. The molecule has 0 spiro atoms. The molecule has 0 aliphatic rings. The molecule has 10 rings (SSSR count). The van der Waals surface area contributed by atoms with Gasteiger partial charge in [0.15, 0.2) is 0 Å². The largest absolute Gasteiger partial charge is 0.573 e. The third-order valence-corrected chi connectivity index (χ3v) is 19.5. The molecule has 0 bridgehead atoms. The van der Waals surface area contributed by atoms with Crippen LogP contribution in [-0.4, -0.2) is 13.5 Å². The van der Waals surface area contributed by atoms with Crippen molar-refractivity contribution in [2.45, 2.75) is 216 Å². The maximum atomic E-state index is 12.9. The Morgan fingerprint density at radius 3 is 1.07 bits per heavy atom. The van der Waals surface area contributed by atoms with Crippen molar-refractivity contribution in [3.8, 4) is 11.5 Å². The van der Waals surface area contributed by atoms with E-state index in [1.165, 1.54) is 59.7 Å². The zero-order valence-corrected chi connectivity index (χ0v) is 76.8. The minimum Gasteiger partial charge on any atom is -0.497 e. The van der Waals surface area contributed by atoms with E-state index in [9.17, 15) is 57.1 Å². The summed E-state index contributed by atoms with van der Waals surface area (Å²) >= 11 is 52.0. The molecule has 0 atom stereocenters. The molecule has 0 saturated carbocycles. The number of benzene rings is 10. The standard InChI is InChI=1S/2C10H10ClF3.C10H11F3O.C10H14O.3C9H10Cl2.C9H10ClF.C9H10F2.C9H11F/c1-6(2)7-3-8(10(12,13)14)5-9(11)4-7;1-6(2)8-4-3-7(5-9(8)11)10(12,13)14;1-7(2)8-5-3-4-6-9(8)14-10(11,12)13;1-8(2)9-4-6-10(11-3)7-5-9;1-6(2)8-5-7(10)3-4-9(8)11;1-6(2)8-4-3-7(10)5-9(8)11;1-6(2)7-3-4-8(10)9(11)5-7;1-6(2)7-3-8(10)5-9(11)4-7;1-6(2)8-4-3-7(10)5-9(8)11;1-7(2)8-5-3-4-6-9(8)10/h2*3-6H,1-2H3;3-7H,1-2H3;4-8H,1-3H3;5*3-6H,1-2H3;3-7H,1-2H3. The summed E-state index contributed by atoms with van der Waals surface area (Å²) in [5.41, 5.74) is 7.64. The fourth-order valence-corrected chi connectivity index (χ4v) is 12.4. The van der Waals surface area contributed by atoms with Crippen LogP contribution in [0.1, 0.15) is 264 Å². The topological polar surface area (TPSA) is 18.5 Å². The number of alkyl halides is 9. The van der Waals surface area contributed by atoms with Crippen LogP contribution in [0.15, 0.2) is 200 Å². The fraction of sp³-hybridized carbons (Fsp3) is 0.362. The van der Waals surface area contributed by atoms with Crippen LogP contribution in [0.3, 0.4) is 0 Å². The quantitative estimate of drug-likeness (QED) is 0.114. The number of ether oxygens (including phenoxy) is 2. The molecule has 10 aromatic rings. The van der Waals surface area contributed by atoms with Crippen molar-refractivity contribution in [1.82, 2.24) is 0 Å². The van der Waals surface area contributed by atoms with Gasteiger partial charge in [0.1, 0.15) is 34.8 Å². The smallest absolute Gasteiger partial charge is 0.497 e. The lowest BCUT2D eigenvalue weighted by Crippen LogP contribution is -2.18. The Bertz CT molecular complexity index is 4520. The highest BCUT2D eigenvalue weighted by Crippen LogP contribution is 2.38. The first kappa shape index (κ1) is 110. The summed E-state index contributed by atoms with van der Waals surface area (Å²) < 4.78 is 169. The van der Waals surface area contributed by atoms with Crippen LogP contribution in [0, 0.1) is 23.3 Å². The first-order valence-electron chi connectivity index (χ1n) is 37.7. The third kappa shape index (κ3) is 42.8. The predicted molar refractivity (Wildman–Crippen MR) is 473 cm³/mol. The SMILES string of the molecule is CC(C)c1cc(Cl)cc(C(F)(F)F)c1.CC(C)c1cc(Cl)ccc1Cl.CC(C)c1cc(F)cc(Cl)c1.CC(C)c1ccc(C(F)(F)F)cc1Cl.CC(C)c1ccc(Cl)c(Cl)c1.CC(C)c1ccc(Cl)cc1Cl.CC(C)c1ccc(F)cc1F.CC(C)c1ccccc1F.CC(C)c1ccccc1OC(F)(F)F.COc1ccc(C(C)C)cc1. The van der Waals surface area contributed by atoms with E-state index >= 15 is 0 Å². The molecule has 648 valence electrons. The van der Waals surface area contributed by atoms with Gasteiger partial charge in [-0.05, 0) is 236 Å². The Morgan fingerprint density at radius 2 is 0.661 bits per heavy atom. The Morgan fingerprint density at radius 1 is 0.254 bits per heavy atom. The second-order valence-corrected chi connectivity index (χ2v) is 33.6. The average molecular weight is 1830 g/mol. The molecule has 0 saturated heterocycles. The molecule has 0 radical (unpaired) electrons. The van der Waals surface area contributed by atoms with Crippen LogP contribution in [0.4, 0.5) is 57.1 Å². The Kier molecular flexibility index (Phi) is 49.6. The summed E-state index contributed by atoms with van der Waals surface area (Å²) in [5, 5.41) is 5.02. The van der Waals surface area contributed by atoms with Gasteiger partial charge in [0, 0.05) is 41.2 Å². The summed E-state index contributed by atoms with van der Waals surface area (Å²) in [6.07, 6.45) is -13.3. The number of hydrogen-bond donors (Lipinski definition) is 0. The zero-order chi connectivity index (χ0) is 90.6. The van der Waals surface area contributed by atoms with E-state index < -0.39 is 41.5 Å². The Balaban J connectivity index is 0.000000657. The van der Waals surface area contributed by atoms with Gasteiger partial charge < -0.3 is 9.47 Å². The van der Waals surface area contributed by atoms with Crippen LogP contribution in [0.5, 0.6) is 11.5 Å². The van der Waals surface area contributed by atoms with Crippen molar-refractivity contribution < 1.29 is 66.5 Å². The van der Waals surface area contributed by atoms with Crippen molar-refractivity contribution in [2.24, 2.45) is 0 Å². The highest BCUT2D eigenvalue weighted by Gasteiger charge is 2.33. The fourth-order valence-electron chi connectivity index (χ4n) is 10.1. The van der Waals surface area contributed by atoms with Crippen molar-refractivity contribution >= 4 is 104 Å². The van der Waals surface area contributed by atoms with Gasteiger partial charge in [-0.25, -0.2) is 17.6 Å².